The van der Waals surface area contributed by atoms with E-state index in [1.165, 1.54) is 0 Å². The number of fused-ring (bicyclic) bond motifs is 2. The predicted molar refractivity (Wildman–Crippen MR) is 153 cm³/mol. The molecule has 1 unspecified atom stereocenters. The van der Waals surface area contributed by atoms with Gasteiger partial charge in [-0.15, -0.1) is 0 Å². The average Bonchev–Trinajstić information content (AvgIpc) is 2.88. The van der Waals surface area contributed by atoms with Crippen LogP contribution in [0.3, 0.4) is 0 Å². The number of carbonyl (C=O) groups excluding carboxylic acids is 1. The molecule has 1 saturated heterocycles. The van der Waals surface area contributed by atoms with Crippen LogP contribution in [-0.4, -0.2) is 58.4 Å². The maximum Gasteiger partial charge on any atom is 0.251 e. The van der Waals surface area contributed by atoms with Gasteiger partial charge in [-0.25, -0.2) is 0 Å². The SMILES string of the molecule is C=CC[N@@+]1(CC(C)C)CC[C@]2(c3cccc(O)c3)C[C@H](NC(=O)c3ccc4ccccc4c3)CCC2(O)C1. The molecule has 1 saturated carbocycles. The number of aliphatic hydroxyl groups is 1. The van der Waals surface area contributed by atoms with Gasteiger partial charge >= 0.3 is 0 Å². The van der Waals surface area contributed by atoms with Crippen molar-refractivity contribution in [3.8, 4) is 5.75 Å². The highest BCUT2D eigenvalue weighted by Crippen LogP contribution is 2.53. The molecule has 5 nitrogen and oxygen atoms in total. The number of amides is 1. The van der Waals surface area contributed by atoms with Gasteiger partial charge in [-0.1, -0.05) is 62.9 Å². The van der Waals surface area contributed by atoms with Gasteiger partial charge in [-0.3, -0.25) is 4.79 Å². The van der Waals surface area contributed by atoms with E-state index in [0.717, 1.165) is 46.9 Å². The monoisotopic (exact) mass is 513 g/mol. The number of carbonyl (C=O) groups is 1. The van der Waals surface area contributed by atoms with Crippen LogP contribution in [0, 0.1) is 5.92 Å². The lowest BCUT2D eigenvalue weighted by molar-refractivity contribution is -0.938. The molecule has 5 rings (SSSR count). The third-order valence-corrected chi connectivity index (χ3v) is 9.02. The van der Waals surface area contributed by atoms with E-state index >= 15 is 0 Å². The predicted octanol–water partition coefficient (Wildman–Crippen LogP) is 5.56. The van der Waals surface area contributed by atoms with E-state index in [1.807, 2.05) is 66.7 Å². The minimum absolute atomic E-state index is 0.0684. The van der Waals surface area contributed by atoms with Crippen LogP contribution < -0.4 is 5.32 Å². The van der Waals surface area contributed by atoms with Crippen LogP contribution in [0.25, 0.3) is 10.8 Å². The summed E-state index contributed by atoms with van der Waals surface area (Å²) in [7, 11) is 0. The molecule has 200 valence electrons. The van der Waals surface area contributed by atoms with E-state index in [4.69, 9.17) is 0 Å². The van der Waals surface area contributed by atoms with Crippen LogP contribution in [0.5, 0.6) is 5.75 Å². The van der Waals surface area contributed by atoms with Crippen molar-refractivity contribution < 1.29 is 19.5 Å². The van der Waals surface area contributed by atoms with Gasteiger partial charge in [0.15, 0.2) is 0 Å². The fraction of sp³-hybridized carbons (Fsp3) is 0.424. The minimum atomic E-state index is -0.943. The van der Waals surface area contributed by atoms with E-state index in [9.17, 15) is 15.0 Å². The Balaban J connectivity index is 1.45. The number of benzene rings is 3. The smallest absolute Gasteiger partial charge is 0.251 e. The van der Waals surface area contributed by atoms with E-state index in [2.05, 4.69) is 25.7 Å². The van der Waals surface area contributed by atoms with Gasteiger partial charge in [0.2, 0.25) is 0 Å². The third-order valence-electron chi connectivity index (χ3n) is 9.02. The lowest BCUT2D eigenvalue weighted by Crippen LogP contribution is -2.72. The number of aromatic hydroxyl groups is 1. The van der Waals surface area contributed by atoms with Crippen molar-refractivity contribution >= 4 is 16.7 Å². The highest BCUT2D eigenvalue weighted by molar-refractivity contribution is 5.98. The first-order valence-electron chi connectivity index (χ1n) is 14.0. The Labute approximate surface area is 226 Å². The summed E-state index contributed by atoms with van der Waals surface area (Å²) in [6.45, 7) is 11.9. The maximum absolute atomic E-state index is 13.4. The van der Waals surface area contributed by atoms with Gasteiger partial charge in [0.05, 0.1) is 19.6 Å². The van der Waals surface area contributed by atoms with E-state index in [0.29, 0.717) is 37.3 Å². The molecule has 2 aliphatic rings. The molecule has 3 aromatic rings. The summed E-state index contributed by atoms with van der Waals surface area (Å²) in [6, 6.07) is 21.2. The van der Waals surface area contributed by atoms with Crippen LogP contribution >= 0.6 is 0 Å². The first-order valence-corrected chi connectivity index (χ1v) is 14.0. The molecule has 0 bridgehead atoms. The van der Waals surface area contributed by atoms with Crippen molar-refractivity contribution in [2.24, 2.45) is 5.92 Å². The number of likely N-dealkylation sites (tertiary alicyclic amines) is 1. The molecule has 2 fully saturated rings. The van der Waals surface area contributed by atoms with Crippen molar-refractivity contribution in [3.05, 3.63) is 90.5 Å². The normalized spacial score (nSPS) is 29.1. The van der Waals surface area contributed by atoms with E-state index in [-0.39, 0.29) is 17.7 Å². The molecular weight excluding hydrogens is 472 g/mol. The number of phenolic OH excluding ortho intramolecular Hbond substituents is 1. The van der Waals surface area contributed by atoms with Crippen molar-refractivity contribution in [2.75, 3.05) is 26.2 Å². The summed E-state index contributed by atoms with van der Waals surface area (Å²) in [6.07, 6.45) is 4.73. The Hall–Kier alpha value is -3.15. The summed E-state index contributed by atoms with van der Waals surface area (Å²) in [5.74, 6) is 0.634. The first kappa shape index (κ1) is 26.5. The largest absolute Gasteiger partial charge is 0.508 e. The molecule has 0 aromatic heterocycles. The van der Waals surface area contributed by atoms with Crippen molar-refractivity contribution in [3.63, 3.8) is 0 Å². The second-order valence-electron chi connectivity index (χ2n) is 12.2. The van der Waals surface area contributed by atoms with Crippen LogP contribution in [0.2, 0.25) is 0 Å². The summed E-state index contributed by atoms with van der Waals surface area (Å²) >= 11 is 0. The molecule has 1 amide bonds. The summed E-state index contributed by atoms with van der Waals surface area (Å²) in [5.41, 5.74) is 0.121. The van der Waals surface area contributed by atoms with Crippen LogP contribution in [0.4, 0.5) is 0 Å². The zero-order chi connectivity index (χ0) is 27.0. The minimum Gasteiger partial charge on any atom is -0.508 e. The van der Waals surface area contributed by atoms with Crippen LogP contribution in [-0.2, 0) is 5.41 Å². The second kappa shape index (κ2) is 10.2. The summed E-state index contributed by atoms with van der Waals surface area (Å²) < 4.78 is 0.826. The third kappa shape index (κ3) is 4.85. The Kier molecular flexibility index (Phi) is 7.10. The van der Waals surface area contributed by atoms with Crippen molar-refractivity contribution in [2.45, 2.75) is 56.6 Å². The topological polar surface area (TPSA) is 69.6 Å². The molecule has 0 spiro atoms. The highest BCUT2D eigenvalue weighted by Gasteiger charge is 2.62. The molecule has 3 N–H and O–H groups in total. The Morgan fingerprint density at radius 1 is 1.11 bits per heavy atom. The molecular formula is C33H41N2O3+. The second-order valence-corrected chi connectivity index (χ2v) is 12.2. The Morgan fingerprint density at radius 3 is 2.63 bits per heavy atom. The van der Waals surface area contributed by atoms with Gasteiger partial charge in [0, 0.05) is 29.4 Å². The number of piperidine rings is 1. The number of nitrogens with one attached hydrogen (secondary N) is 1. The quantitative estimate of drug-likeness (QED) is 0.286. The molecule has 1 heterocycles. The first-order chi connectivity index (χ1) is 18.2. The summed E-state index contributed by atoms with van der Waals surface area (Å²) in [4.78, 5) is 13.4. The fourth-order valence-corrected chi connectivity index (χ4v) is 7.48. The summed E-state index contributed by atoms with van der Waals surface area (Å²) in [5, 5.41) is 28.4. The van der Waals surface area contributed by atoms with Crippen LogP contribution in [0.1, 0.15) is 55.5 Å². The maximum atomic E-state index is 13.4. The highest BCUT2D eigenvalue weighted by atomic mass is 16.3. The van der Waals surface area contributed by atoms with Crippen molar-refractivity contribution in [1.29, 1.82) is 0 Å². The molecule has 4 atom stereocenters. The number of nitrogens with zero attached hydrogens (tertiary/aromatic N) is 1. The van der Waals surface area contributed by atoms with Gasteiger partial charge in [-0.2, -0.15) is 0 Å². The zero-order valence-corrected chi connectivity index (χ0v) is 22.7. The molecule has 38 heavy (non-hydrogen) atoms. The molecule has 1 aliphatic heterocycles. The molecule has 3 aromatic carbocycles. The van der Waals surface area contributed by atoms with Crippen molar-refractivity contribution in [1.82, 2.24) is 5.32 Å². The van der Waals surface area contributed by atoms with Gasteiger partial charge in [0.25, 0.3) is 5.91 Å². The number of rotatable bonds is 7. The number of quaternary nitrogens is 1. The molecule has 0 radical (unpaired) electrons. The zero-order valence-electron chi connectivity index (χ0n) is 22.7. The number of hydrogen-bond acceptors (Lipinski definition) is 3. The lowest BCUT2D eigenvalue weighted by Gasteiger charge is -2.60. The number of hydrogen-bond donors (Lipinski definition) is 3. The van der Waals surface area contributed by atoms with Gasteiger partial charge in [-0.05, 0) is 65.9 Å². The van der Waals surface area contributed by atoms with E-state index < -0.39 is 11.0 Å². The number of phenols is 1. The Morgan fingerprint density at radius 2 is 1.89 bits per heavy atom. The Bertz CT molecular complexity index is 1340. The van der Waals surface area contributed by atoms with Gasteiger partial charge < -0.3 is 20.0 Å². The van der Waals surface area contributed by atoms with Crippen LogP contribution in [0.15, 0.2) is 79.4 Å². The molecule has 5 heteroatoms. The fourth-order valence-electron chi connectivity index (χ4n) is 7.48. The standard InChI is InChI=1S/C33H40N2O3/c1-4-17-35(22-24(2)3)18-16-32(28-10-7-11-30(36)20-28)21-29(14-15-33(32,38)23-35)34-31(37)27-13-12-25-8-5-6-9-26(25)19-27/h4-13,19-20,24,29,38H,1,14-18,21-23H2,2-3H3,(H-,34,36,37)/p+1/t29-,32-,33?,35+/m1/s1. The molecule has 1 aliphatic carbocycles. The lowest BCUT2D eigenvalue weighted by atomic mass is 9.54. The average molecular weight is 514 g/mol. The van der Waals surface area contributed by atoms with Gasteiger partial charge in [0.1, 0.15) is 17.9 Å². The van der Waals surface area contributed by atoms with E-state index in [1.54, 1.807) is 6.07 Å².